The highest BCUT2D eigenvalue weighted by molar-refractivity contribution is 5.84. The molecule has 0 bridgehead atoms. The Kier molecular flexibility index (Phi) is 6.37. The molecular weight excluding hydrogens is 304 g/mol. The van der Waals surface area contributed by atoms with Crippen LogP contribution in [0.15, 0.2) is 53.6 Å². The molecule has 2 aromatic rings. The van der Waals surface area contributed by atoms with Gasteiger partial charge in [-0.05, 0) is 68.3 Å². The maximum Gasteiger partial charge on any atom is 0.280 e. The minimum Gasteiger partial charge on any atom is -0.494 e. The number of rotatable bonds is 7. The van der Waals surface area contributed by atoms with Gasteiger partial charge in [0.2, 0.25) is 0 Å². The fourth-order valence-electron chi connectivity index (χ4n) is 2.02. The van der Waals surface area contributed by atoms with E-state index in [-0.39, 0.29) is 5.91 Å². The van der Waals surface area contributed by atoms with E-state index in [0.29, 0.717) is 12.4 Å². The molecule has 1 atom stereocenters. The molecule has 0 fully saturated rings. The summed E-state index contributed by atoms with van der Waals surface area (Å²) >= 11 is 0. The normalized spacial score (nSPS) is 12.0. The molecule has 1 N–H and O–H groups in total. The van der Waals surface area contributed by atoms with Crippen LogP contribution in [0.1, 0.15) is 25.0 Å². The zero-order valence-corrected chi connectivity index (χ0v) is 14.2. The van der Waals surface area contributed by atoms with Crippen molar-refractivity contribution in [3.8, 4) is 11.5 Å². The lowest BCUT2D eigenvalue weighted by Crippen LogP contribution is -2.33. The number of nitrogens with zero attached hydrogens (tertiary/aromatic N) is 1. The third kappa shape index (κ3) is 5.43. The Bertz CT molecular complexity index is 696. The second-order valence-corrected chi connectivity index (χ2v) is 5.31. The number of benzene rings is 2. The summed E-state index contributed by atoms with van der Waals surface area (Å²) in [5.74, 6) is 1.16. The first-order chi connectivity index (χ1) is 11.6. The number of hydrazone groups is 1. The van der Waals surface area contributed by atoms with Crippen molar-refractivity contribution in [1.29, 1.82) is 0 Å². The van der Waals surface area contributed by atoms with Crippen molar-refractivity contribution in [2.45, 2.75) is 26.9 Å². The lowest BCUT2D eigenvalue weighted by Gasteiger charge is -2.13. The number of hydrogen-bond acceptors (Lipinski definition) is 4. The fourth-order valence-corrected chi connectivity index (χ4v) is 2.02. The number of hydrogen-bond donors (Lipinski definition) is 1. The summed E-state index contributed by atoms with van der Waals surface area (Å²) in [5, 5.41) is 3.95. The zero-order valence-electron chi connectivity index (χ0n) is 14.2. The minimum atomic E-state index is -0.635. The summed E-state index contributed by atoms with van der Waals surface area (Å²) in [6.07, 6.45) is 0.941. The first-order valence-electron chi connectivity index (χ1n) is 7.87. The van der Waals surface area contributed by atoms with E-state index in [9.17, 15) is 4.79 Å². The summed E-state index contributed by atoms with van der Waals surface area (Å²) in [5.41, 5.74) is 4.42. The van der Waals surface area contributed by atoms with Gasteiger partial charge in [0.1, 0.15) is 11.5 Å². The average molecular weight is 326 g/mol. The molecule has 126 valence electrons. The van der Waals surface area contributed by atoms with Gasteiger partial charge in [-0.1, -0.05) is 12.1 Å². The van der Waals surface area contributed by atoms with Crippen LogP contribution < -0.4 is 14.9 Å². The van der Waals surface area contributed by atoms with Gasteiger partial charge in [-0.2, -0.15) is 5.10 Å². The molecule has 0 saturated heterocycles. The van der Waals surface area contributed by atoms with Crippen molar-refractivity contribution in [3.63, 3.8) is 0 Å². The SMILES string of the molecule is CCOc1ccc(/C=N\NC(=O)[C@@H](C)Oc2cccc(C)c2)cc1. The molecule has 1 amide bonds. The molecule has 0 saturated carbocycles. The highest BCUT2D eigenvalue weighted by atomic mass is 16.5. The monoisotopic (exact) mass is 326 g/mol. The van der Waals surface area contributed by atoms with E-state index in [2.05, 4.69) is 10.5 Å². The van der Waals surface area contributed by atoms with E-state index < -0.39 is 6.10 Å². The lowest BCUT2D eigenvalue weighted by atomic mass is 10.2. The van der Waals surface area contributed by atoms with Gasteiger partial charge < -0.3 is 9.47 Å². The number of aryl methyl sites for hydroxylation is 1. The summed E-state index contributed by atoms with van der Waals surface area (Å²) < 4.78 is 11.0. The van der Waals surface area contributed by atoms with Gasteiger partial charge >= 0.3 is 0 Å². The van der Waals surface area contributed by atoms with Crippen LogP contribution >= 0.6 is 0 Å². The van der Waals surface area contributed by atoms with Crippen LogP contribution in [0, 0.1) is 6.92 Å². The van der Waals surface area contributed by atoms with Crippen molar-refractivity contribution >= 4 is 12.1 Å². The van der Waals surface area contributed by atoms with Gasteiger partial charge in [-0.25, -0.2) is 5.43 Å². The van der Waals surface area contributed by atoms with Gasteiger partial charge in [-0.15, -0.1) is 0 Å². The molecule has 0 heterocycles. The second-order valence-electron chi connectivity index (χ2n) is 5.31. The number of ether oxygens (including phenoxy) is 2. The summed E-state index contributed by atoms with van der Waals surface area (Å²) in [4.78, 5) is 12.0. The van der Waals surface area contributed by atoms with Crippen LogP contribution in [0.2, 0.25) is 0 Å². The average Bonchev–Trinajstić information content (AvgIpc) is 2.56. The maximum atomic E-state index is 12.0. The van der Waals surface area contributed by atoms with E-state index >= 15 is 0 Å². The Morgan fingerprint density at radius 1 is 1.21 bits per heavy atom. The van der Waals surface area contributed by atoms with E-state index in [1.54, 1.807) is 13.1 Å². The zero-order chi connectivity index (χ0) is 17.4. The van der Waals surface area contributed by atoms with Crippen molar-refractivity contribution < 1.29 is 14.3 Å². The van der Waals surface area contributed by atoms with Crippen LogP contribution in [-0.4, -0.2) is 24.8 Å². The van der Waals surface area contributed by atoms with Crippen molar-refractivity contribution in [2.24, 2.45) is 5.10 Å². The second kappa shape index (κ2) is 8.72. The molecule has 5 heteroatoms. The van der Waals surface area contributed by atoms with E-state index in [4.69, 9.17) is 9.47 Å². The summed E-state index contributed by atoms with van der Waals surface area (Å²) in [6, 6.07) is 15.0. The van der Waals surface area contributed by atoms with E-state index in [0.717, 1.165) is 16.9 Å². The standard InChI is InChI=1S/C19H22N2O3/c1-4-23-17-10-8-16(9-11-17)13-20-21-19(22)15(3)24-18-7-5-6-14(2)12-18/h5-13,15H,4H2,1-3H3,(H,21,22)/b20-13-/t15-/m1/s1. The predicted molar refractivity (Wildman–Crippen MR) is 94.6 cm³/mol. The van der Waals surface area contributed by atoms with Crippen LogP contribution in [-0.2, 0) is 4.79 Å². The van der Waals surface area contributed by atoms with Gasteiger partial charge in [0.25, 0.3) is 5.91 Å². The Hall–Kier alpha value is -2.82. The smallest absolute Gasteiger partial charge is 0.280 e. The van der Waals surface area contributed by atoms with Crippen LogP contribution in [0.25, 0.3) is 0 Å². The van der Waals surface area contributed by atoms with Crippen LogP contribution in [0.5, 0.6) is 11.5 Å². The van der Waals surface area contributed by atoms with Crippen molar-refractivity contribution in [2.75, 3.05) is 6.61 Å². The molecule has 24 heavy (non-hydrogen) atoms. The first-order valence-corrected chi connectivity index (χ1v) is 7.87. The lowest BCUT2D eigenvalue weighted by molar-refractivity contribution is -0.127. The Morgan fingerprint density at radius 3 is 2.62 bits per heavy atom. The quantitative estimate of drug-likeness (QED) is 0.627. The highest BCUT2D eigenvalue weighted by Crippen LogP contribution is 2.14. The Morgan fingerprint density at radius 2 is 1.96 bits per heavy atom. The first kappa shape index (κ1) is 17.5. The fraction of sp³-hybridized carbons (Fsp3) is 0.263. The van der Waals surface area contributed by atoms with Crippen LogP contribution in [0.3, 0.4) is 0 Å². The van der Waals surface area contributed by atoms with Gasteiger partial charge in [0.15, 0.2) is 6.10 Å². The van der Waals surface area contributed by atoms with E-state index in [1.165, 1.54) is 0 Å². The molecule has 0 unspecified atom stereocenters. The molecule has 0 aliphatic rings. The number of amides is 1. The van der Waals surface area contributed by atoms with Crippen molar-refractivity contribution in [1.82, 2.24) is 5.43 Å². The topological polar surface area (TPSA) is 59.9 Å². The number of carbonyl (C=O) groups is 1. The molecule has 0 aromatic heterocycles. The largest absolute Gasteiger partial charge is 0.494 e. The van der Waals surface area contributed by atoms with E-state index in [1.807, 2.05) is 62.4 Å². The summed E-state index contributed by atoms with van der Waals surface area (Å²) in [6.45, 7) is 6.22. The molecule has 0 aliphatic heterocycles. The molecule has 2 rings (SSSR count). The van der Waals surface area contributed by atoms with Crippen LogP contribution in [0.4, 0.5) is 0 Å². The minimum absolute atomic E-state index is 0.307. The molecule has 0 radical (unpaired) electrons. The molecular formula is C19H22N2O3. The predicted octanol–water partition coefficient (Wildman–Crippen LogP) is 3.31. The Labute approximate surface area is 142 Å². The molecule has 0 spiro atoms. The number of carbonyl (C=O) groups excluding carboxylic acids is 1. The number of nitrogens with one attached hydrogen (secondary N) is 1. The Balaban J connectivity index is 1.85. The summed E-state index contributed by atoms with van der Waals surface area (Å²) in [7, 11) is 0. The van der Waals surface area contributed by atoms with Gasteiger partial charge in [0, 0.05) is 0 Å². The van der Waals surface area contributed by atoms with Crippen molar-refractivity contribution in [3.05, 3.63) is 59.7 Å². The molecule has 0 aliphatic carbocycles. The molecule has 5 nitrogen and oxygen atoms in total. The highest BCUT2D eigenvalue weighted by Gasteiger charge is 2.13. The maximum absolute atomic E-state index is 12.0. The third-order valence-electron chi connectivity index (χ3n) is 3.25. The van der Waals surface area contributed by atoms with Gasteiger partial charge in [-0.3, -0.25) is 4.79 Å². The third-order valence-corrected chi connectivity index (χ3v) is 3.25. The van der Waals surface area contributed by atoms with Gasteiger partial charge in [0.05, 0.1) is 12.8 Å². The molecule has 2 aromatic carbocycles.